The quantitative estimate of drug-likeness (QED) is 0.457. The van der Waals surface area contributed by atoms with Gasteiger partial charge in [0.25, 0.3) is 0 Å². The van der Waals surface area contributed by atoms with Gasteiger partial charge in [-0.1, -0.05) is 5.92 Å². The first-order valence-electron chi connectivity index (χ1n) is 4.77. The fraction of sp³-hybridized carbons (Fsp3) is 0.800. The van der Waals surface area contributed by atoms with Crippen LogP contribution >= 0.6 is 0 Å². The summed E-state index contributed by atoms with van der Waals surface area (Å²) in [5.41, 5.74) is 0. The Morgan fingerprint density at radius 2 is 1.79 bits per heavy atom. The fourth-order valence-electron chi connectivity index (χ4n) is 0.684. The molecule has 0 aliphatic heterocycles. The molecule has 0 aliphatic carbocycles. The third kappa shape index (κ3) is 11.2. The molecule has 0 heterocycles. The second-order valence-electron chi connectivity index (χ2n) is 2.41. The predicted molar refractivity (Wildman–Crippen MR) is 52.7 cm³/mol. The van der Waals surface area contributed by atoms with Crippen molar-refractivity contribution >= 4 is 0 Å². The van der Waals surface area contributed by atoms with Gasteiger partial charge in [0.15, 0.2) is 0 Å². The topological polar surface area (TPSA) is 47.9 Å². The summed E-state index contributed by atoms with van der Waals surface area (Å²) in [6.07, 6.45) is 3.22. The van der Waals surface area contributed by atoms with Crippen LogP contribution in [-0.2, 0) is 14.2 Å². The normalized spacial score (nSPS) is 9.29. The molecule has 0 aromatic rings. The lowest BCUT2D eigenvalue weighted by atomic mass is 10.5. The number of aliphatic hydroxyl groups excluding tert-OH is 1. The Kier molecular flexibility index (Phi) is 11.6. The van der Waals surface area contributed by atoms with E-state index in [9.17, 15) is 0 Å². The van der Waals surface area contributed by atoms with Crippen molar-refractivity contribution in [1.82, 2.24) is 0 Å². The summed E-state index contributed by atoms with van der Waals surface area (Å²) in [7, 11) is 0. The number of hydrogen-bond acceptors (Lipinski definition) is 4. The van der Waals surface area contributed by atoms with E-state index < -0.39 is 0 Å². The van der Waals surface area contributed by atoms with Crippen LogP contribution < -0.4 is 0 Å². The molecule has 0 aliphatic rings. The Bertz CT molecular complexity index is 159. The average molecular weight is 202 g/mol. The number of ether oxygens (including phenoxy) is 3. The van der Waals surface area contributed by atoms with E-state index in [1.807, 2.05) is 6.92 Å². The Morgan fingerprint density at radius 3 is 2.43 bits per heavy atom. The van der Waals surface area contributed by atoms with Crippen LogP contribution in [0.1, 0.15) is 13.3 Å². The molecule has 14 heavy (non-hydrogen) atoms. The average Bonchev–Trinajstić information content (AvgIpc) is 2.21. The third-order valence-corrected chi connectivity index (χ3v) is 1.27. The van der Waals surface area contributed by atoms with E-state index in [1.165, 1.54) is 0 Å². The van der Waals surface area contributed by atoms with Crippen LogP contribution in [-0.4, -0.2) is 44.7 Å². The van der Waals surface area contributed by atoms with Crippen LogP contribution in [0.25, 0.3) is 0 Å². The minimum absolute atomic E-state index is 0.0554. The minimum atomic E-state index is 0.0554. The van der Waals surface area contributed by atoms with Crippen molar-refractivity contribution < 1.29 is 19.3 Å². The number of aliphatic hydroxyl groups is 1. The van der Waals surface area contributed by atoms with Crippen molar-refractivity contribution in [2.24, 2.45) is 0 Å². The monoisotopic (exact) mass is 202 g/mol. The Hall–Kier alpha value is -0.760. The smallest absolute Gasteiger partial charge is 0.110 e. The summed E-state index contributed by atoms with van der Waals surface area (Å²) in [5.74, 6) is 2.81. The predicted octanol–water partition coefficient (Wildman–Crippen LogP) is 0.399. The third-order valence-electron chi connectivity index (χ3n) is 1.27. The van der Waals surface area contributed by atoms with Gasteiger partial charge in [-0.25, -0.2) is 0 Å². The maximum Gasteiger partial charge on any atom is 0.110 e. The lowest BCUT2D eigenvalue weighted by Gasteiger charge is -2.02. The van der Waals surface area contributed by atoms with E-state index in [0.29, 0.717) is 39.5 Å². The highest BCUT2D eigenvalue weighted by atomic mass is 16.5. The summed E-state index contributed by atoms with van der Waals surface area (Å²) in [6.45, 7) is 4.57. The van der Waals surface area contributed by atoms with E-state index >= 15 is 0 Å². The summed E-state index contributed by atoms with van der Waals surface area (Å²) >= 11 is 0. The first-order chi connectivity index (χ1) is 6.91. The van der Waals surface area contributed by atoms with Gasteiger partial charge in [-0.05, 0) is 6.92 Å². The molecule has 0 spiro atoms. The Balaban J connectivity index is 2.96. The summed E-state index contributed by atoms with van der Waals surface area (Å²) in [5, 5.41) is 8.39. The molecule has 0 saturated carbocycles. The van der Waals surface area contributed by atoms with Crippen molar-refractivity contribution in [3.05, 3.63) is 0 Å². The lowest BCUT2D eigenvalue weighted by molar-refractivity contribution is 0.0348. The highest BCUT2D eigenvalue weighted by molar-refractivity contribution is 4.90. The highest BCUT2D eigenvalue weighted by Gasteiger charge is 1.87. The molecule has 0 radical (unpaired) electrons. The van der Waals surface area contributed by atoms with Gasteiger partial charge in [-0.3, -0.25) is 0 Å². The zero-order valence-electron chi connectivity index (χ0n) is 8.62. The van der Waals surface area contributed by atoms with Gasteiger partial charge in [-0.2, -0.15) is 0 Å². The van der Waals surface area contributed by atoms with Crippen LogP contribution in [0.2, 0.25) is 0 Å². The maximum absolute atomic E-state index is 8.39. The first kappa shape index (κ1) is 13.2. The zero-order valence-corrected chi connectivity index (χ0v) is 8.62. The second kappa shape index (κ2) is 12.2. The fourth-order valence-corrected chi connectivity index (χ4v) is 0.684. The Morgan fingerprint density at radius 1 is 1.07 bits per heavy atom. The molecule has 0 rings (SSSR count). The molecule has 0 saturated heterocycles. The van der Waals surface area contributed by atoms with E-state index in [-0.39, 0.29) is 6.61 Å². The zero-order chi connectivity index (χ0) is 10.5. The molecule has 1 N–H and O–H groups in total. The summed E-state index contributed by atoms with van der Waals surface area (Å²) in [4.78, 5) is 0. The van der Waals surface area contributed by atoms with Crippen LogP contribution in [0, 0.1) is 12.0 Å². The summed E-state index contributed by atoms with van der Waals surface area (Å²) in [6, 6.07) is 0. The van der Waals surface area contributed by atoms with Crippen LogP contribution in [0.3, 0.4) is 0 Å². The Labute approximate surface area is 85.2 Å². The number of rotatable bonds is 8. The van der Waals surface area contributed by atoms with Crippen LogP contribution in [0.4, 0.5) is 0 Å². The van der Waals surface area contributed by atoms with Crippen molar-refractivity contribution in [3.8, 4) is 12.0 Å². The standard InChI is InChI=1S/C10H18O4/c1-2-12-6-3-4-7-13-9-10-14-8-5-11/h11H,2,4-5,7-10H2,1H3. The van der Waals surface area contributed by atoms with Crippen molar-refractivity contribution in [2.45, 2.75) is 13.3 Å². The molecule has 4 heteroatoms. The van der Waals surface area contributed by atoms with E-state index in [0.717, 1.165) is 0 Å². The molecule has 4 nitrogen and oxygen atoms in total. The van der Waals surface area contributed by atoms with Crippen LogP contribution in [0.15, 0.2) is 0 Å². The first-order valence-corrected chi connectivity index (χ1v) is 4.77. The van der Waals surface area contributed by atoms with Gasteiger partial charge >= 0.3 is 0 Å². The van der Waals surface area contributed by atoms with E-state index in [1.54, 1.807) is 0 Å². The molecular weight excluding hydrogens is 184 g/mol. The minimum Gasteiger partial charge on any atom is -0.447 e. The van der Waals surface area contributed by atoms with Gasteiger partial charge in [0.2, 0.25) is 0 Å². The molecule has 0 fully saturated rings. The van der Waals surface area contributed by atoms with Crippen molar-refractivity contribution in [3.63, 3.8) is 0 Å². The molecule has 0 atom stereocenters. The SMILES string of the molecule is CCOC#CCCOCCOCCO. The largest absolute Gasteiger partial charge is 0.447 e. The molecule has 0 aromatic carbocycles. The van der Waals surface area contributed by atoms with E-state index in [2.05, 4.69) is 12.0 Å². The number of hydrogen-bond donors (Lipinski definition) is 1. The molecule has 0 amide bonds. The van der Waals surface area contributed by atoms with Gasteiger partial charge in [0.05, 0.1) is 39.6 Å². The van der Waals surface area contributed by atoms with Gasteiger partial charge < -0.3 is 19.3 Å². The highest BCUT2D eigenvalue weighted by Crippen LogP contribution is 1.82. The lowest BCUT2D eigenvalue weighted by Crippen LogP contribution is -2.07. The second-order valence-corrected chi connectivity index (χ2v) is 2.41. The van der Waals surface area contributed by atoms with Crippen molar-refractivity contribution in [2.75, 3.05) is 39.6 Å². The molecule has 82 valence electrons. The van der Waals surface area contributed by atoms with Gasteiger partial charge in [0.1, 0.15) is 6.11 Å². The van der Waals surface area contributed by atoms with Gasteiger partial charge in [-0.15, -0.1) is 0 Å². The maximum atomic E-state index is 8.39. The summed E-state index contributed by atoms with van der Waals surface area (Å²) < 4.78 is 15.0. The van der Waals surface area contributed by atoms with E-state index in [4.69, 9.17) is 19.3 Å². The molecule has 0 bridgehead atoms. The van der Waals surface area contributed by atoms with Gasteiger partial charge in [0, 0.05) is 6.42 Å². The van der Waals surface area contributed by atoms with Crippen LogP contribution in [0.5, 0.6) is 0 Å². The van der Waals surface area contributed by atoms with Crippen molar-refractivity contribution in [1.29, 1.82) is 0 Å². The molecule has 0 aromatic heterocycles. The molecular formula is C10H18O4. The molecule has 0 unspecified atom stereocenters.